The summed E-state index contributed by atoms with van der Waals surface area (Å²) in [5.41, 5.74) is 0.596. The molecule has 0 aliphatic rings. The van der Waals surface area contributed by atoms with Crippen LogP contribution in [0.5, 0.6) is 5.75 Å². The van der Waals surface area contributed by atoms with E-state index in [1.165, 1.54) is 30.1 Å². The SMILES string of the molecule is COc1cnn(C)c1C(O)c1ccc(Br)cc1F. The summed E-state index contributed by atoms with van der Waals surface area (Å²) in [6.45, 7) is 0. The van der Waals surface area contributed by atoms with Crippen LogP contribution in [0.3, 0.4) is 0 Å². The highest BCUT2D eigenvalue weighted by Gasteiger charge is 2.22. The molecule has 0 fully saturated rings. The quantitative estimate of drug-likeness (QED) is 0.946. The van der Waals surface area contributed by atoms with Crippen molar-refractivity contribution in [1.82, 2.24) is 9.78 Å². The Morgan fingerprint density at radius 2 is 2.22 bits per heavy atom. The van der Waals surface area contributed by atoms with Crippen LogP contribution in [0.15, 0.2) is 28.9 Å². The molecule has 0 radical (unpaired) electrons. The van der Waals surface area contributed by atoms with Crippen molar-refractivity contribution in [2.75, 3.05) is 7.11 Å². The third-order valence-electron chi connectivity index (χ3n) is 2.69. The van der Waals surface area contributed by atoms with Crippen molar-refractivity contribution in [3.63, 3.8) is 0 Å². The van der Waals surface area contributed by atoms with E-state index in [0.717, 1.165) is 0 Å². The van der Waals surface area contributed by atoms with Gasteiger partial charge in [0.1, 0.15) is 17.6 Å². The van der Waals surface area contributed by atoms with E-state index in [1.54, 1.807) is 13.1 Å². The first-order chi connectivity index (χ1) is 8.54. The number of ether oxygens (including phenoxy) is 1. The number of halogens is 2. The number of nitrogens with zero attached hydrogens (tertiary/aromatic N) is 2. The number of hydrogen-bond donors (Lipinski definition) is 1. The van der Waals surface area contributed by atoms with Gasteiger partial charge in [-0.25, -0.2) is 4.39 Å². The molecule has 0 saturated heterocycles. The van der Waals surface area contributed by atoms with Crippen molar-refractivity contribution in [3.8, 4) is 5.75 Å². The summed E-state index contributed by atoms with van der Waals surface area (Å²) in [4.78, 5) is 0. The van der Waals surface area contributed by atoms with Gasteiger partial charge in [-0.15, -0.1) is 0 Å². The summed E-state index contributed by atoms with van der Waals surface area (Å²) in [6, 6.07) is 4.50. The second-order valence-electron chi connectivity index (χ2n) is 3.79. The van der Waals surface area contributed by atoms with Gasteiger partial charge in [-0.2, -0.15) is 5.10 Å². The fraction of sp³-hybridized carbons (Fsp3) is 0.250. The highest BCUT2D eigenvalue weighted by Crippen LogP contribution is 2.31. The molecule has 0 spiro atoms. The molecule has 1 aromatic carbocycles. The third kappa shape index (κ3) is 2.26. The van der Waals surface area contributed by atoms with Crippen LogP contribution >= 0.6 is 15.9 Å². The lowest BCUT2D eigenvalue weighted by Crippen LogP contribution is -2.09. The topological polar surface area (TPSA) is 47.3 Å². The van der Waals surface area contributed by atoms with Crippen molar-refractivity contribution in [1.29, 1.82) is 0 Å². The van der Waals surface area contributed by atoms with E-state index >= 15 is 0 Å². The lowest BCUT2D eigenvalue weighted by molar-refractivity contribution is 0.199. The number of rotatable bonds is 3. The Balaban J connectivity index is 2.47. The first kappa shape index (κ1) is 13.0. The monoisotopic (exact) mass is 314 g/mol. The Labute approximate surface area is 112 Å². The van der Waals surface area contributed by atoms with Crippen molar-refractivity contribution < 1.29 is 14.2 Å². The Morgan fingerprint density at radius 3 is 2.83 bits per heavy atom. The number of aliphatic hydroxyl groups excluding tert-OH is 1. The molecular weight excluding hydrogens is 303 g/mol. The van der Waals surface area contributed by atoms with Gasteiger partial charge in [0.15, 0.2) is 5.75 Å². The molecule has 0 saturated carbocycles. The van der Waals surface area contributed by atoms with Crippen molar-refractivity contribution in [2.45, 2.75) is 6.10 Å². The van der Waals surface area contributed by atoms with E-state index in [1.807, 2.05) is 0 Å². The molecule has 96 valence electrons. The molecular formula is C12H12BrFN2O2. The summed E-state index contributed by atoms with van der Waals surface area (Å²) >= 11 is 3.17. The first-order valence-corrected chi connectivity index (χ1v) is 6.02. The molecule has 1 aromatic heterocycles. The molecule has 0 aliphatic heterocycles. The summed E-state index contributed by atoms with van der Waals surface area (Å²) in [5, 5.41) is 14.2. The van der Waals surface area contributed by atoms with E-state index in [4.69, 9.17) is 4.74 Å². The fourth-order valence-corrected chi connectivity index (χ4v) is 2.10. The summed E-state index contributed by atoms with van der Waals surface area (Å²) in [5.74, 6) is -0.0625. The van der Waals surface area contributed by atoms with E-state index in [9.17, 15) is 9.50 Å². The molecule has 4 nitrogen and oxygen atoms in total. The predicted molar refractivity (Wildman–Crippen MR) is 67.9 cm³/mol. The number of benzene rings is 1. The highest BCUT2D eigenvalue weighted by molar-refractivity contribution is 9.10. The average molecular weight is 315 g/mol. The Morgan fingerprint density at radius 1 is 1.50 bits per heavy atom. The zero-order valence-electron chi connectivity index (χ0n) is 9.89. The fourth-order valence-electron chi connectivity index (χ4n) is 1.77. The zero-order chi connectivity index (χ0) is 13.3. The van der Waals surface area contributed by atoms with Crippen LogP contribution in [0.25, 0.3) is 0 Å². The second kappa shape index (κ2) is 5.07. The molecule has 0 aliphatic carbocycles. The number of methoxy groups -OCH3 is 1. The molecule has 1 unspecified atom stereocenters. The first-order valence-electron chi connectivity index (χ1n) is 5.23. The standard InChI is InChI=1S/C12H12BrFN2O2/c1-16-11(10(18-2)6-15-16)12(17)8-4-3-7(13)5-9(8)14/h3-6,12,17H,1-2H3. The molecule has 18 heavy (non-hydrogen) atoms. The Bertz CT molecular complexity index is 571. The number of aromatic nitrogens is 2. The van der Waals surface area contributed by atoms with Gasteiger partial charge < -0.3 is 9.84 Å². The molecule has 2 rings (SSSR count). The van der Waals surface area contributed by atoms with E-state index in [0.29, 0.717) is 15.9 Å². The molecule has 0 amide bonds. The number of aryl methyl sites for hydroxylation is 1. The summed E-state index contributed by atoms with van der Waals surface area (Å²) in [6.07, 6.45) is 0.357. The van der Waals surface area contributed by atoms with Crippen LogP contribution in [0, 0.1) is 5.82 Å². The largest absolute Gasteiger partial charge is 0.493 e. The third-order valence-corrected chi connectivity index (χ3v) is 3.18. The van der Waals surface area contributed by atoms with E-state index in [2.05, 4.69) is 21.0 Å². The van der Waals surface area contributed by atoms with Crippen molar-refractivity contribution in [2.24, 2.45) is 7.05 Å². The molecule has 1 atom stereocenters. The van der Waals surface area contributed by atoms with Gasteiger partial charge in [-0.1, -0.05) is 22.0 Å². The van der Waals surface area contributed by atoms with Gasteiger partial charge in [0.2, 0.25) is 0 Å². The Hall–Kier alpha value is -1.40. The molecule has 1 N–H and O–H groups in total. The van der Waals surface area contributed by atoms with Gasteiger partial charge in [0.25, 0.3) is 0 Å². The van der Waals surface area contributed by atoms with Crippen LogP contribution in [-0.2, 0) is 7.05 Å². The van der Waals surface area contributed by atoms with Crippen LogP contribution < -0.4 is 4.74 Å². The van der Waals surface area contributed by atoms with E-state index < -0.39 is 11.9 Å². The van der Waals surface area contributed by atoms with Gasteiger partial charge in [0.05, 0.1) is 13.3 Å². The maximum absolute atomic E-state index is 13.8. The Kier molecular flexibility index (Phi) is 3.68. The minimum atomic E-state index is -1.12. The second-order valence-corrected chi connectivity index (χ2v) is 4.71. The van der Waals surface area contributed by atoms with Crippen LogP contribution in [0.2, 0.25) is 0 Å². The lowest BCUT2D eigenvalue weighted by Gasteiger charge is -2.14. The minimum absolute atomic E-state index is 0.181. The molecule has 1 heterocycles. The maximum atomic E-state index is 13.8. The van der Waals surface area contributed by atoms with Gasteiger partial charge >= 0.3 is 0 Å². The van der Waals surface area contributed by atoms with E-state index in [-0.39, 0.29) is 5.56 Å². The number of aliphatic hydroxyl groups is 1. The smallest absolute Gasteiger partial charge is 0.162 e. The van der Waals surface area contributed by atoms with Gasteiger partial charge in [-0.05, 0) is 12.1 Å². The summed E-state index contributed by atoms with van der Waals surface area (Å²) < 4.78 is 21.0. The van der Waals surface area contributed by atoms with Crippen molar-refractivity contribution in [3.05, 3.63) is 45.9 Å². The van der Waals surface area contributed by atoms with Crippen LogP contribution in [0.1, 0.15) is 17.4 Å². The maximum Gasteiger partial charge on any atom is 0.162 e. The minimum Gasteiger partial charge on any atom is -0.493 e. The average Bonchev–Trinajstić information content (AvgIpc) is 2.69. The van der Waals surface area contributed by atoms with Crippen LogP contribution in [0.4, 0.5) is 4.39 Å². The van der Waals surface area contributed by atoms with Crippen molar-refractivity contribution >= 4 is 15.9 Å². The predicted octanol–water partition coefficient (Wildman–Crippen LogP) is 2.41. The highest BCUT2D eigenvalue weighted by atomic mass is 79.9. The normalized spacial score (nSPS) is 12.5. The van der Waals surface area contributed by atoms with Crippen LogP contribution in [-0.4, -0.2) is 22.0 Å². The van der Waals surface area contributed by atoms with Gasteiger partial charge in [0, 0.05) is 17.1 Å². The lowest BCUT2D eigenvalue weighted by atomic mass is 10.1. The zero-order valence-corrected chi connectivity index (χ0v) is 11.5. The molecule has 6 heteroatoms. The molecule has 2 aromatic rings. The van der Waals surface area contributed by atoms with Gasteiger partial charge in [-0.3, -0.25) is 4.68 Å². The molecule has 0 bridgehead atoms. The number of hydrogen-bond acceptors (Lipinski definition) is 3. The summed E-state index contributed by atoms with van der Waals surface area (Å²) in [7, 11) is 3.14.